The summed E-state index contributed by atoms with van der Waals surface area (Å²) in [4.78, 5) is 11.5. The molecule has 0 fully saturated rings. The second-order valence-corrected chi connectivity index (χ2v) is 7.12. The largest absolute Gasteiger partial charge is 0.500 e. The van der Waals surface area contributed by atoms with Gasteiger partial charge in [0.1, 0.15) is 5.75 Å². The zero-order chi connectivity index (χ0) is 14.8. The number of ether oxygens (including phenoxy) is 1. The standard InChI is InChI=1S/C13H21NO5Si/c1-16-20(17-2,18-3)11-7-10-14-13(15)19-12-8-5-4-6-9-12/h4-6,8-9H,7,10-11H2,1-3H3,(H,14,15). The first-order valence-corrected chi connectivity index (χ1v) is 8.25. The smallest absolute Gasteiger partial charge is 0.410 e. The Morgan fingerprint density at radius 1 is 1.10 bits per heavy atom. The van der Waals surface area contributed by atoms with Gasteiger partial charge in [-0.1, -0.05) is 18.2 Å². The summed E-state index contributed by atoms with van der Waals surface area (Å²) < 4.78 is 21.0. The van der Waals surface area contributed by atoms with E-state index in [2.05, 4.69) is 5.32 Å². The summed E-state index contributed by atoms with van der Waals surface area (Å²) in [6, 6.07) is 9.53. The minimum Gasteiger partial charge on any atom is -0.410 e. The van der Waals surface area contributed by atoms with Crippen LogP contribution in [0.2, 0.25) is 6.04 Å². The number of benzene rings is 1. The van der Waals surface area contributed by atoms with Crippen LogP contribution in [0, 0.1) is 0 Å². The Labute approximate surface area is 120 Å². The number of nitrogens with one attached hydrogen (secondary N) is 1. The van der Waals surface area contributed by atoms with E-state index in [1.165, 1.54) is 0 Å². The molecular weight excluding hydrogens is 278 g/mol. The molecule has 0 aliphatic heterocycles. The molecule has 0 atom stereocenters. The molecule has 1 amide bonds. The van der Waals surface area contributed by atoms with Crippen molar-refractivity contribution < 1.29 is 22.8 Å². The molecule has 0 aromatic heterocycles. The van der Waals surface area contributed by atoms with Crippen LogP contribution in [0.3, 0.4) is 0 Å². The van der Waals surface area contributed by atoms with Crippen molar-refractivity contribution in [3.63, 3.8) is 0 Å². The Hall–Kier alpha value is -1.41. The van der Waals surface area contributed by atoms with Crippen molar-refractivity contribution in [3.05, 3.63) is 30.3 Å². The van der Waals surface area contributed by atoms with Crippen molar-refractivity contribution in [2.75, 3.05) is 27.9 Å². The molecule has 0 unspecified atom stereocenters. The molecule has 1 aromatic carbocycles. The maximum absolute atomic E-state index is 11.5. The minimum absolute atomic E-state index is 0.469. The van der Waals surface area contributed by atoms with E-state index in [1.54, 1.807) is 45.6 Å². The number of hydrogen-bond acceptors (Lipinski definition) is 5. The van der Waals surface area contributed by atoms with Gasteiger partial charge >= 0.3 is 14.9 Å². The summed E-state index contributed by atoms with van der Waals surface area (Å²) >= 11 is 0. The molecule has 20 heavy (non-hydrogen) atoms. The summed E-state index contributed by atoms with van der Waals surface area (Å²) in [7, 11) is 2.14. The van der Waals surface area contributed by atoms with Gasteiger partial charge in [-0.3, -0.25) is 0 Å². The molecule has 0 saturated carbocycles. The average molecular weight is 299 g/mol. The Morgan fingerprint density at radius 2 is 1.70 bits per heavy atom. The van der Waals surface area contributed by atoms with E-state index in [0.29, 0.717) is 24.8 Å². The van der Waals surface area contributed by atoms with Crippen molar-refractivity contribution in [2.24, 2.45) is 0 Å². The van der Waals surface area contributed by atoms with E-state index < -0.39 is 14.9 Å². The molecule has 0 bridgehead atoms. The van der Waals surface area contributed by atoms with Crippen molar-refractivity contribution in [3.8, 4) is 5.75 Å². The Kier molecular flexibility index (Phi) is 7.24. The lowest BCUT2D eigenvalue weighted by Gasteiger charge is -2.24. The SMILES string of the molecule is CO[Si](CCCNC(=O)Oc1ccccc1)(OC)OC. The first kappa shape index (κ1) is 16.6. The summed E-state index contributed by atoms with van der Waals surface area (Å²) in [6.45, 7) is 0.469. The maximum Gasteiger partial charge on any atom is 0.500 e. The lowest BCUT2D eigenvalue weighted by Crippen LogP contribution is -2.43. The van der Waals surface area contributed by atoms with Crippen LogP contribution in [0.1, 0.15) is 6.42 Å². The van der Waals surface area contributed by atoms with Crippen molar-refractivity contribution in [1.29, 1.82) is 0 Å². The van der Waals surface area contributed by atoms with Crippen molar-refractivity contribution in [2.45, 2.75) is 12.5 Å². The van der Waals surface area contributed by atoms with Gasteiger partial charge in [-0.2, -0.15) is 0 Å². The van der Waals surface area contributed by atoms with E-state index in [0.717, 1.165) is 0 Å². The lowest BCUT2D eigenvalue weighted by atomic mass is 10.3. The maximum atomic E-state index is 11.5. The van der Waals surface area contributed by atoms with Crippen LogP contribution in [-0.2, 0) is 13.3 Å². The minimum atomic E-state index is -2.56. The van der Waals surface area contributed by atoms with E-state index in [9.17, 15) is 4.79 Å². The number of rotatable bonds is 8. The van der Waals surface area contributed by atoms with Crippen LogP contribution in [0.5, 0.6) is 5.75 Å². The highest BCUT2D eigenvalue weighted by Gasteiger charge is 2.36. The first-order chi connectivity index (χ1) is 9.65. The first-order valence-electron chi connectivity index (χ1n) is 6.32. The van der Waals surface area contributed by atoms with Crippen molar-refractivity contribution >= 4 is 14.9 Å². The van der Waals surface area contributed by atoms with E-state index >= 15 is 0 Å². The van der Waals surface area contributed by atoms with Gasteiger partial charge in [0.2, 0.25) is 0 Å². The molecule has 1 rings (SSSR count). The zero-order valence-corrected chi connectivity index (χ0v) is 13.0. The molecule has 0 heterocycles. The van der Waals surface area contributed by atoms with Gasteiger partial charge in [0, 0.05) is 33.9 Å². The molecule has 6 nitrogen and oxygen atoms in total. The van der Waals surface area contributed by atoms with Crippen LogP contribution in [-0.4, -0.2) is 42.8 Å². The van der Waals surface area contributed by atoms with Gasteiger partial charge in [-0.15, -0.1) is 0 Å². The van der Waals surface area contributed by atoms with Crippen LogP contribution in [0.25, 0.3) is 0 Å². The van der Waals surface area contributed by atoms with Crippen LogP contribution in [0.4, 0.5) is 4.79 Å². The summed E-state index contributed by atoms with van der Waals surface area (Å²) in [5.41, 5.74) is 0. The van der Waals surface area contributed by atoms with E-state index in [-0.39, 0.29) is 0 Å². The van der Waals surface area contributed by atoms with Crippen LogP contribution < -0.4 is 10.1 Å². The molecule has 0 aliphatic carbocycles. The number of carbonyl (C=O) groups is 1. The summed E-state index contributed by atoms with van der Waals surface area (Å²) in [6.07, 6.45) is 0.210. The van der Waals surface area contributed by atoms with Gasteiger partial charge in [0.25, 0.3) is 0 Å². The molecule has 0 saturated heterocycles. The number of para-hydroxylation sites is 1. The second kappa shape index (κ2) is 8.70. The van der Waals surface area contributed by atoms with Crippen molar-refractivity contribution in [1.82, 2.24) is 5.32 Å². The molecule has 112 valence electrons. The third-order valence-corrected chi connectivity index (χ3v) is 5.65. The predicted octanol–water partition coefficient (Wildman–Crippen LogP) is 2.04. The molecule has 0 spiro atoms. The average Bonchev–Trinajstić information content (AvgIpc) is 2.49. The lowest BCUT2D eigenvalue weighted by molar-refractivity contribution is 0.123. The Balaban J connectivity index is 2.25. The van der Waals surface area contributed by atoms with Gasteiger partial charge in [0.15, 0.2) is 0 Å². The summed E-state index contributed by atoms with van der Waals surface area (Å²) in [5.74, 6) is 0.513. The molecular formula is C13H21NO5Si. The Bertz CT molecular complexity index is 389. The van der Waals surface area contributed by atoms with Gasteiger partial charge in [0.05, 0.1) is 0 Å². The zero-order valence-electron chi connectivity index (χ0n) is 12.0. The monoisotopic (exact) mass is 299 g/mol. The van der Waals surface area contributed by atoms with Gasteiger partial charge in [-0.05, 0) is 18.6 Å². The number of hydrogen-bond donors (Lipinski definition) is 1. The third-order valence-electron chi connectivity index (χ3n) is 2.82. The molecule has 0 aliphatic rings. The normalized spacial score (nSPS) is 11.2. The second-order valence-electron chi connectivity index (χ2n) is 4.03. The van der Waals surface area contributed by atoms with E-state index in [4.69, 9.17) is 18.0 Å². The highest BCUT2D eigenvalue weighted by molar-refractivity contribution is 6.60. The van der Waals surface area contributed by atoms with Gasteiger partial charge < -0.3 is 23.3 Å². The highest BCUT2D eigenvalue weighted by atomic mass is 28.4. The van der Waals surface area contributed by atoms with Crippen LogP contribution in [0.15, 0.2) is 30.3 Å². The summed E-state index contributed by atoms with van der Waals surface area (Å²) in [5, 5.41) is 2.67. The number of carbonyl (C=O) groups excluding carboxylic acids is 1. The quantitative estimate of drug-likeness (QED) is 0.588. The number of amides is 1. The third kappa shape index (κ3) is 5.30. The molecule has 1 aromatic rings. The molecule has 0 radical (unpaired) electrons. The molecule has 7 heteroatoms. The van der Waals surface area contributed by atoms with Gasteiger partial charge in [-0.25, -0.2) is 4.79 Å². The fourth-order valence-corrected chi connectivity index (χ4v) is 3.41. The van der Waals surface area contributed by atoms with Crippen LogP contribution >= 0.6 is 0 Å². The molecule has 1 N–H and O–H groups in total. The topological polar surface area (TPSA) is 66.0 Å². The fourth-order valence-electron chi connectivity index (χ4n) is 1.68. The predicted molar refractivity (Wildman–Crippen MR) is 76.7 cm³/mol. The highest BCUT2D eigenvalue weighted by Crippen LogP contribution is 2.14. The fraction of sp³-hybridized carbons (Fsp3) is 0.462. The van der Waals surface area contributed by atoms with E-state index in [1.807, 2.05) is 6.07 Å². The Morgan fingerprint density at radius 3 is 2.25 bits per heavy atom.